The van der Waals surface area contributed by atoms with E-state index in [1.54, 1.807) is 116 Å². The number of pyridine rings is 2. The minimum Gasteiger partial charge on any atom is -0.480 e. The average Bonchev–Trinajstić information content (AvgIpc) is 1.59. The number of carbonyl (C=O) groups excluding carboxylic acids is 3. The summed E-state index contributed by atoms with van der Waals surface area (Å²) >= 11 is 22.7. The summed E-state index contributed by atoms with van der Waals surface area (Å²) in [5, 5.41) is 18.0. The summed E-state index contributed by atoms with van der Waals surface area (Å²) in [6, 6.07) is 7.66. The van der Waals surface area contributed by atoms with Crippen LogP contribution in [0.25, 0.3) is 44.8 Å². The van der Waals surface area contributed by atoms with Gasteiger partial charge in [-0.15, -0.1) is 11.8 Å². The summed E-state index contributed by atoms with van der Waals surface area (Å²) in [4.78, 5) is 96.4. The van der Waals surface area contributed by atoms with E-state index in [2.05, 4.69) is 93.4 Å². The number of benzene rings is 1. The molecule has 5 atom stereocenters. The standard InChI is InChI=1S/C31H36F2N4O6S2.C20H22F2N4O4S.C16H25ClFN3O4S.C16H25ClFN3O2S.C10H15ClFN3S/c1-19-8-10-22(11-9-19)45(41,42)37-16-24(23-13-21(32)14-35-29(23)37)28-34-15-25(33)26(36-28)12-20(30(2,3)4)17-44(39,40)18-27(38)43-31(5,6)7;1-20(2,3)11(9-31(29,30)10-17(27)28)4-16-15(22)8-25-19(26-16)14-7-24-18-13(14)5-12(21)6-23-18;1-15(2,3)11(20-13-10(18)7-19-14(17)21-13)8-26(23,24)9-12(22)25-16(4,5)6;1-15(2,3)11(8-24-9-12(22)23-16(4,5)6)20-13-10(18)7-19-14(17)21-13;1-10(2,3)7(5-16)14-8-6(12)4-13-9(11)15-8/h8-11,13-16,20H,12,17-18H2,1-7H3;5-8,11H,4,9-10H2,1-3H3,(H,23,24)(H,27,28);7,11H,8-9H2,1-6H3,(H,19,20,21);7,11H,8-9H2,1-6H3,(H,19,20,21);4,7,16H,5H2,1-3H3,(H,13,14,15)/t20-;3*11-;7-/m11111/s1. The van der Waals surface area contributed by atoms with Crippen LogP contribution >= 0.6 is 59.2 Å². The molecule has 142 heavy (non-hydrogen) atoms. The molecule has 9 aromatic heterocycles. The van der Waals surface area contributed by atoms with E-state index in [1.807, 2.05) is 69.2 Å². The summed E-state index contributed by atoms with van der Waals surface area (Å²) in [6.07, 6.45) is 9.35. The van der Waals surface area contributed by atoms with Crippen LogP contribution in [0.2, 0.25) is 15.9 Å². The van der Waals surface area contributed by atoms with Gasteiger partial charge in [0.25, 0.3) is 10.0 Å². The number of rotatable bonds is 31. The van der Waals surface area contributed by atoms with Crippen LogP contribution in [0.1, 0.15) is 183 Å². The lowest BCUT2D eigenvalue weighted by molar-refractivity contribution is -0.152. The largest absolute Gasteiger partial charge is 0.480 e. The maximum absolute atomic E-state index is 15.2. The van der Waals surface area contributed by atoms with Gasteiger partial charge in [-0.25, -0.2) is 113 Å². The number of nitrogens with one attached hydrogen (secondary N) is 4. The van der Waals surface area contributed by atoms with E-state index >= 15 is 4.39 Å². The van der Waals surface area contributed by atoms with Gasteiger partial charge in [0.05, 0.1) is 82.7 Å². The Morgan fingerprint density at radius 1 is 0.458 bits per heavy atom. The molecule has 33 nitrogen and oxygen atoms in total. The minimum absolute atomic E-state index is 0.00343. The molecule has 0 aliphatic carbocycles. The van der Waals surface area contributed by atoms with Crippen LogP contribution in [0.15, 0.2) is 97.1 Å². The lowest BCUT2D eigenvalue weighted by Crippen LogP contribution is -2.42. The molecular formula is C93H123Cl3F7N17O16S6. The first kappa shape index (κ1) is 121. The molecule has 0 radical (unpaired) electrons. The Morgan fingerprint density at radius 3 is 1.23 bits per heavy atom. The van der Waals surface area contributed by atoms with Gasteiger partial charge in [-0.05, 0) is 180 Å². The number of ether oxygens (including phenoxy) is 3. The van der Waals surface area contributed by atoms with Crippen molar-refractivity contribution in [3.63, 3.8) is 0 Å². The van der Waals surface area contributed by atoms with E-state index in [9.17, 15) is 79.2 Å². The summed E-state index contributed by atoms with van der Waals surface area (Å²) in [5.74, 6) is -11.8. The highest BCUT2D eigenvalue weighted by atomic mass is 35.5. The first-order chi connectivity index (χ1) is 64.8. The molecule has 0 unspecified atom stereocenters. The number of aliphatic carboxylic acids is 1. The van der Waals surface area contributed by atoms with Gasteiger partial charge in [0.1, 0.15) is 51.3 Å². The number of carbonyl (C=O) groups is 4. The molecule has 0 spiro atoms. The van der Waals surface area contributed by atoms with Crippen molar-refractivity contribution < 1.29 is 103 Å². The third-order valence-electron chi connectivity index (χ3n) is 20.6. The number of nitrogens with zero attached hydrogens (tertiary/aromatic N) is 13. The molecule has 10 rings (SSSR count). The number of aryl methyl sites for hydroxylation is 1. The van der Waals surface area contributed by atoms with Gasteiger partial charge >= 0.3 is 23.9 Å². The zero-order chi connectivity index (χ0) is 108. The second-order valence-corrected chi connectivity index (χ2v) is 52.2. The van der Waals surface area contributed by atoms with E-state index in [0.29, 0.717) is 28.1 Å². The number of anilines is 3. The van der Waals surface area contributed by atoms with Crippen molar-refractivity contribution in [3.05, 3.63) is 166 Å². The predicted molar refractivity (Wildman–Crippen MR) is 539 cm³/mol. The fourth-order valence-electron chi connectivity index (χ4n) is 12.8. The summed E-state index contributed by atoms with van der Waals surface area (Å²) < 4.78 is 218. The van der Waals surface area contributed by atoms with Crippen molar-refractivity contribution in [1.82, 2.24) is 68.8 Å². The van der Waals surface area contributed by atoms with Crippen molar-refractivity contribution in [2.75, 3.05) is 67.7 Å². The quantitative estimate of drug-likeness (QED) is 0.00772. The topological polar surface area (TPSA) is 464 Å². The van der Waals surface area contributed by atoms with E-state index < -0.39 is 184 Å². The molecule has 0 aliphatic rings. The first-order valence-corrected chi connectivity index (χ1v) is 53.8. The molecule has 0 fully saturated rings. The SMILES string of the molecule is CC(C)(C)OC(=O)CS(=O)(=O)C[C@@H](Nc1nc(Cl)ncc1F)C(C)(C)C.CC(C)(C)OC(=O)CSC[C@@H](Nc1nc(Cl)ncc1F)C(C)(C)C.CC(C)(C)[C@@H](CS)Nc1nc(Cl)ncc1F.CC(C)(C)[C@H](Cc1nc(-c2c[nH]c3ncc(F)cc23)ncc1F)CS(=O)(=O)CC(=O)O.Cc1ccc(S(=O)(=O)n2cc(-c3ncc(F)c(C[C@H](CS(=O)(=O)CC(=O)OC(C)(C)C)C(C)(C)C)n3)c3cc(F)cnc32)cc1. The lowest BCUT2D eigenvalue weighted by Gasteiger charge is -2.32. The Kier molecular flexibility index (Phi) is 41.6. The highest BCUT2D eigenvalue weighted by Gasteiger charge is 2.39. The van der Waals surface area contributed by atoms with Crippen LogP contribution in [0, 0.1) is 86.6 Å². The smallest absolute Gasteiger partial charge is 0.321 e. The van der Waals surface area contributed by atoms with E-state index in [4.69, 9.17) is 54.1 Å². The number of fused-ring (bicyclic) bond motifs is 2. The molecule has 0 aliphatic heterocycles. The highest BCUT2D eigenvalue weighted by Crippen LogP contribution is 2.38. The molecular weight excluding hydrogens is 2040 g/mol. The van der Waals surface area contributed by atoms with Crippen LogP contribution in [0.4, 0.5) is 48.2 Å². The number of thiol groups is 1. The summed E-state index contributed by atoms with van der Waals surface area (Å²) in [7, 11) is -15.9. The Bertz CT molecular complexity index is 6590. The van der Waals surface area contributed by atoms with Crippen LogP contribution in [0.5, 0.6) is 0 Å². The third kappa shape index (κ3) is 39.3. The Labute approximate surface area is 848 Å². The zero-order valence-electron chi connectivity index (χ0n) is 83.5. The van der Waals surface area contributed by atoms with Gasteiger partial charge in [0.2, 0.25) is 15.9 Å². The van der Waals surface area contributed by atoms with Gasteiger partial charge in [0, 0.05) is 63.9 Å². The van der Waals surface area contributed by atoms with Gasteiger partial charge in [-0.1, -0.05) is 122 Å². The van der Waals surface area contributed by atoms with E-state index in [0.717, 1.165) is 59.0 Å². The number of esters is 3. The van der Waals surface area contributed by atoms with Crippen molar-refractivity contribution >= 4 is 162 Å². The van der Waals surface area contributed by atoms with Crippen molar-refractivity contribution in [1.29, 1.82) is 0 Å². The summed E-state index contributed by atoms with van der Waals surface area (Å²) in [5.41, 5.74) is -2.62. The number of aromatic nitrogens is 14. The van der Waals surface area contributed by atoms with Crippen molar-refractivity contribution in [2.45, 2.75) is 226 Å². The van der Waals surface area contributed by atoms with Crippen LogP contribution < -0.4 is 16.0 Å². The number of carboxylic acid groups (broad SMARTS) is 1. The number of carboxylic acids is 1. The van der Waals surface area contributed by atoms with Gasteiger partial charge in [0.15, 0.2) is 93.3 Å². The van der Waals surface area contributed by atoms with Crippen LogP contribution in [0.3, 0.4) is 0 Å². The third-order valence-corrected chi connectivity index (χ3v) is 28.9. The summed E-state index contributed by atoms with van der Waals surface area (Å²) in [6.45, 7) is 45.5. The molecule has 0 amide bonds. The molecule has 10 aromatic rings. The molecule has 0 bridgehead atoms. The second-order valence-electron chi connectivity index (χ2n) is 41.7. The molecule has 9 heterocycles. The zero-order valence-corrected chi connectivity index (χ0v) is 90.7. The van der Waals surface area contributed by atoms with Crippen molar-refractivity contribution in [2.24, 2.45) is 38.9 Å². The maximum atomic E-state index is 15.2. The number of H-pyrrole nitrogens is 1. The average molecular weight is 2170 g/mol. The second kappa shape index (κ2) is 48.9. The van der Waals surface area contributed by atoms with E-state index in [-0.39, 0.29) is 125 Å². The number of thioether (sulfide) groups is 1. The maximum Gasteiger partial charge on any atom is 0.321 e. The molecule has 0 saturated heterocycles. The van der Waals surface area contributed by atoms with Gasteiger partial charge < -0.3 is 40.3 Å². The lowest BCUT2D eigenvalue weighted by atomic mass is 9.79. The number of aromatic amines is 1. The Balaban J connectivity index is 0.000000283. The van der Waals surface area contributed by atoms with Crippen LogP contribution in [-0.4, -0.2) is 218 Å². The predicted octanol–water partition coefficient (Wildman–Crippen LogP) is 18.3. The number of hydrogen-bond donors (Lipinski definition) is 6. The number of hydrogen-bond acceptors (Lipinski definition) is 32. The molecule has 782 valence electrons. The van der Waals surface area contributed by atoms with Gasteiger partial charge in [-0.2, -0.15) is 27.6 Å². The number of sulfone groups is 3. The Morgan fingerprint density at radius 2 is 0.831 bits per heavy atom. The molecule has 5 N–H and O–H groups in total. The fourth-order valence-corrected chi connectivity index (χ4v) is 21.4. The van der Waals surface area contributed by atoms with Gasteiger partial charge in [-0.3, -0.25) is 19.2 Å². The Hall–Kier alpha value is -9.84. The molecule has 49 heteroatoms. The monoisotopic (exact) mass is 2160 g/mol. The molecule has 0 saturated carbocycles. The fraction of sp³-hybridized carbons (Fsp3) is 0.527. The van der Waals surface area contributed by atoms with Crippen molar-refractivity contribution in [3.8, 4) is 22.8 Å². The first-order valence-electron chi connectivity index (χ1n) is 44.0. The minimum atomic E-state index is -4.18. The van der Waals surface area contributed by atoms with Crippen LogP contribution in [-0.2, 0) is 85.8 Å². The normalized spacial score (nSPS) is 13.6. The molecule has 1 aromatic carbocycles. The van der Waals surface area contributed by atoms with E-state index in [1.165, 1.54) is 42.4 Å². The number of halogens is 10. The highest BCUT2D eigenvalue weighted by molar-refractivity contribution is 8.00.